The van der Waals surface area contributed by atoms with Crippen LogP contribution in [0.25, 0.3) is 11.1 Å². The van der Waals surface area contributed by atoms with Gasteiger partial charge < -0.3 is 16.4 Å². The van der Waals surface area contributed by atoms with Gasteiger partial charge in [-0.15, -0.1) is 0 Å². The first-order valence-electron chi connectivity index (χ1n) is 8.35. The minimum atomic E-state index is -4.54. The zero-order valence-corrected chi connectivity index (χ0v) is 15.2. The maximum Gasteiger partial charge on any atom is 0.433 e. The molecule has 1 aromatic carbocycles. The maximum absolute atomic E-state index is 12.8. The molecule has 0 aliphatic heterocycles. The summed E-state index contributed by atoms with van der Waals surface area (Å²) in [5, 5.41) is 5.45. The molecule has 8 nitrogen and oxygen atoms in total. The van der Waals surface area contributed by atoms with E-state index in [0.29, 0.717) is 5.69 Å². The predicted octanol–water partition coefficient (Wildman–Crippen LogP) is 2.90. The third-order valence-electron chi connectivity index (χ3n) is 3.81. The Morgan fingerprint density at radius 2 is 1.83 bits per heavy atom. The molecule has 0 aliphatic rings. The summed E-state index contributed by atoms with van der Waals surface area (Å²) in [6, 6.07) is 6.02. The molecule has 150 valence electrons. The monoisotopic (exact) mass is 403 g/mol. The van der Waals surface area contributed by atoms with Gasteiger partial charge in [-0.1, -0.05) is 6.07 Å². The number of rotatable bonds is 6. The number of benzene rings is 1. The van der Waals surface area contributed by atoms with Crippen molar-refractivity contribution in [3.05, 3.63) is 54.1 Å². The molecule has 0 atom stereocenters. The van der Waals surface area contributed by atoms with Crippen molar-refractivity contribution in [3.8, 4) is 11.1 Å². The fourth-order valence-electron chi connectivity index (χ4n) is 2.50. The van der Waals surface area contributed by atoms with Crippen LogP contribution < -0.4 is 16.4 Å². The summed E-state index contributed by atoms with van der Waals surface area (Å²) < 4.78 is 38.3. The maximum atomic E-state index is 12.8. The number of carbonyl (C=O) groups is 1. The Labute approximate surface area is 163 Å². The highest BCUT2D eigenvalue weighted by Gasteiger charge is 2.32. The Bertz CT molecular complexity index is 1020. The van der Waals surface area contributed by atoms with Crippen LogP contribution in [0.4, 0.5) is 30.8 Å². The summed E-state index contributed by atoms with van der Waals surface area (Å²) in [5.74, 6) is -0.410. The highest BCUT2D eigenvalue weighted by atomic mass is 19.4. The third-order valence-corrected chi connectivity index (χ3v) is 3.81. The number of halogens is 3. The largest absolute Gasteiger partial charge is 0.433 e. The number of alkyl halides is 3. The Morgan fingerprint density at radius 3 is 2.45 bits per heavy atom. The summed E-state index contributed by atoms with van der Waals surface area (Å²) in [7, 11) is 0. The van der Waals surface area contributed by atoms with Gasteiger partial charge in [-0.3, -0.25) is 4.79 Å². The van der Waals surface area contributed by atoms with Crippen molar-refractivity contribution in [2.24, 2.45) is 5.73 Å². The summed E-state index contributed by atoms with van der Waals surface area (Å²) in [6.45, 7) is 1.77. The van der Waals surface area contributed by atoms with Gasteiger partial charge in [0.2, 0.25) is 17.8 Å². The SMILES string of the molecule is Cc1cc(Nc2nccc(C(F)(F)F)n2)ccc1-c1cnc(NCC(N)=O)nc1. The van der Waals surface area contributed by atoms with Crippen molar-refractivity contribution in [1.29, 1.82) is 0 Å². The summed E-state index contributed by atoms with van der Waals surface area (Å²) in [4.78, 5) is 26.3. The van der Waals surface area contributed by atoms with E-state index in [1.54, 1.807) is 30.6 Å². The summed E-state index contributed by atoms with van der Waals surface area (Å²) in [5.41, 5.74) is 6.97. The second kappa shape index (κ2) is 8.09. The van der Waals surface area contributed by atoms with E-state index in [1.165, 1.54) is 0 Å². The minimum Gasteiger partial charge on any atom is -0.368 e. The quantitative estimate of drug-likeness (QED) is 0.579. The summed E-state index contributed by atoms with van der Waals surface area (Å²) >= 11 is 0. The molecule has 4 N–H and O–H groups in total. The van der Waals surface area contributed by atoms with Crippen molar-refractivity contribution in [1.82, 2.24) is 19.9 Å². The van der Waals surface area contributed by atoms with Crippen LogP contribution in [0.15, 0.2) is 42.9 Å². The lowest BCUT2D eigenvalue weighted by atomic mass is 10.0. The predicted molar refractivity (Wildman–Crippen MR) is 100 cm³/mol. The van der Waals surface area contributed by atoms with Crippen LogP contribution in [0.3, 0.4) is 0 Å². The number of nitrogens with two attached hydrogens (primary N) is 1. The van der Waals surface area contributed by atoms with Crippen molar-refractivity contribution in [2.45, 2.75) is 13.1 Å². The molecule has 0 unspecified atom stereocenters. The zero-order valence-electron chi connectivity index (χ0n) is 15.2. The van der Waals surface area contributed by atoms with E-state index in [-0.39, 0.29) is 18.4 Å². The summed E-state index contributed by atoms with van der Waals surface area (Å²) in [6.07, 6.45) is -0.328. The van der Waals surface area contributed by atoms with Gasteiger partial charge in [-0.2, -0.15) is 13.2 Å². The molecule has 0 saturated carbocycles. The molecule has 11 heteroatoms. The number of hydrogen-bond donors (Lipinski definition) is 3. The van der Waals surface area contributed by atoms with E-state index in [4.69, 9.17) is 5.73 Å². The van der Waals surface area contributed by atoms with Crippen molar-refractivity contribution < 1.29 is 18.0 Å². The van der Waals surface area contributed by atoms with Crippen LogP contribution in [0.2, 0.25) is 0 Å². The number of carbonyl (C=O) groups excluding carboxylic acids is 1. The number of nitrogens with zero attached hydrogens (tertiary/aromatic N) is 4. The number of nitrogens with one attached hydrogen (secondary N) is 2. The highest BCUT2D eigenvalue weighted by Crippen LogP contribution is 2.29. The number of primary amides is 1. The van der Waals surface area contributed by atoms with E-state index >= 15 is 0 Å². The molecule has 0 aliphatic carbocycles. The average molecular weight is 403 g/mol. The molecule has 1 amide bonds. The topological polar surface area (TPSA) is 119 Å². The lowest BCUT2D eigenvalue weighted by molar-refractivity contribution is -0.141. The molecule has 2 aromatic heterocycles. The van der Waals surface area contributed by atoms with Gasteiger partial charge in [0, 0.05) is 29.8 Å². The van der Waals surface area contributed by atoms with Crippen LogP contribution in [0.5, 0.6) is 0 Å². The van der Waals surface area contributed by atoms with Crippen LogP contribution >= 0.6 is 0 Å². The fraction of sp³-hybridized carbons (Fsp3) is 0.167. The second-order valence-electron chi connectivity index (χ2n) is 6.03. The highest BCUT2D eigenvalue weighted by molar-refractivity contribution is 5.78. The minimum absolute atomic E-state index is 0.0731. The van der Waals surface area contributed by atoms with Gasteiger partial charge in [0.1, 0.15) is 5.69 Å². The molecule has 0 saturated heterocycles. The van der Waals surface area contributed by atoms with E-state index in [1.807, 2.05) is 6.92 Å². The van der Waals surface area contributed by atoms with E-state index < -0.39 is 17.8 Å². The standard InChI is InChI=1S/C18H16F3N7O/c1-10-6-12(27-17-23-5-4-14(28-17)18(19,20)21)2-3-13(10)11-7-24-16(25-8-11)26-9-15(22)29/h2-8H,9H2,1H3,(H2,22,29)(H,23,27,28)(H,24,25,26). The molecule has 0 spiro atoms. The molecule has 3 aromatic rings. The number of aryl methyl sites for hydroxylation is 1. The van der Waals surface area contributed by atoms with E-state index in [2.05, 4.69) is 30.6 Å². The Morgan fingerprint density at radius 1 is 1.10 bits per heavy atom. The molecule has 0 bridgehead atoms. The van der Waals surface area contributed by atoms with Crippen molar-refractivity contribution in [2.75, 3.05) is 17.2 Å². The average Bonchev–Trinajstić information content (AvgIpc) is 2.67. The smallest absolute Gasteiger partial charge is 0.368 e. The number of amides is 1. The number of hydrogen-bond acceptors (Lipinski definition) is 7. The van der Waals surface area contributed by atoms with Crippen LogP contribution in [-0.4, -0.2) is 32.4 Å². The van der Waals surface area contributed by atoms with Gasteiger partial charge in [0.15, 0.2) is 0 Å². The molecule has 0 radical (unpaired) electrons. The second-order valence-corrected chi connectivity index (χ2v) is 6.03. The lowest BCUT2D eigenvalue weighted by Gasteiger charge is -2.11. The van der Waals surface area contributed by atoms with Crippen LogP contribution in [-0.2, 0) is 11.0 Å². The van der Waals surface area contributed by atoms with Crippen molar-refractivity contribution >= 4 is 23.5 Å². The van der Waals surface area contributed by atoms with E-state index in [0.717, 1.165) is 29.0 Å². The van der Waals surface area contributed by atoms with Gasteiger partial charge >= 0.3 is 6.18 Å². The van der Waals surface area contributed by atoms with Gasteiger partial charge in [0.25, 0.3) is 0 Å². The lowest BCUT2D eigenvalue weighted by Crippen LogP contribution is -2.22. The molecule has 3 rings (SSSR count). The number of aromatic nitrogens is 4. The van der Waals surface area contributed by atoms with Crippen LogP contribution in [0.1, 0.15) is 11.3 Å². The van der Waals surface area contributed by atoms with Gasteiger partial charge in [0.05, 0.1) is 6.54 Å². The van der Waals surface area contributed by atoms with Crippen molar-refractivity contribution in [3.63, 3.8) is 0 Å². The third kappa shape index (κ3) is 5.15. The Kier molecular flexibility index (Phi) is 5.57. The van der Waals surface area contributed by atoms with Crippen LogP contribution in [0, 0.1) is 6.92 Å². The first-order valence-corrected chi connectivity index (χ1v) is 8.35. The normalized spacial score (nSPS) is 11.2. The Hall–Kier alpha value is -3.76. The molecular weight excluding hydrogens is 387 g/mol. The first-order chi connectivity index (χ1) is 13.7. The Balaban J connectivity index is 1.76. The first kappa shape index (κ1) is 20.0. The van der Waals surface area contributed by atoms with Gasteiger partial charge in [-0.25, -0.2) is 19.9 Å². The van der Waals surface area contributed by atoms with E-state index in [9.17, 15) is 18.0 Å². The van der Waals surface area contributed by atoms with Gasteiger partial charge in [-0.05, 0) is 36.2 Å². The molecule has 0 fully saturated rings. The zero-order chi connectivity index (χ0) is 21.0. The molecular formula is C18H16F3N7O. The molecule has 2 heterocycles. The fourth-order valence-corrected chi connectivity index (χ4v) is 2.50. The molecule has 29 heavy (non-hydrogen) atoms. The number of anilines is 3.